The highest BCUT2D eigenvalue weighted by molar-refractivity contribution is 5.89. The van der Waals surface area contributed by atoms with Crippen LogP contribution in [0.1, 0.15) is 12.8 Å². The van der Waals surface area contributed by atoms with Crippen molar-refractivity contribution in [1.29, 1.82) is 0 Å². The fourth-order valence-corrected chi connectivity index (χ4v) is 2.18. The van der Waals surface area contributed by atoms with Gasteiger partial charge in [0.2, 0.25) is 0 Å². The van der Waals surface area contributed by atoms with Gasteiger partial charge < -0.3 is 16.0 Å². The molecular weight excluding hydrogens is 233 g/mol. The van der Waals surface area contributed by atoms with Gasteiger partial charge in [-0.2, -0.15) is 0 Å². The van der Waals surface area contributed by atoms with Crippen LogP contribution in [0.25, 0.3) is 0 Å². The minimum atomic E-state index is -0.426. The van der Waals surface area contributed by atoms with Crippen molar-refractivity contribution in [3.63, 3.8) is 0 Å². The molecule has 1 aliphatic carbocycles. The van der Waals surface area contributed by atoms with Gasteiger partial charge in [0.25, 0.3) is 0 Å². The SMILES string of the molecule is CN(CC1CC(N)C1)C(=O)Nc1ccccc1F. The van der Waals surface area contributed by atoms with E-state index in [1.165, 1.54) is 6.07 Å². The number of nitrogens with one attached hydrogen (secondary N) is 1. The third-order valence-electron chi connectivity index (χ3n) is 3.27. The number of hydrogen-bond donors (Lipinski definition) is 2. The van der Waals surface area contributed by atoms with Crippen LogP contribution in [0.3, 0.4) is 0 Å². The molecule has 98 valence electrons. The first kappa shape index (κ1) is 12.8. The molecule has 0 aliphatic heterocycles. The molecule has 0 unspecified atom stereocenters. The number of halogens is 1. The van der Waals surface area contributed by atoms with Crippen LogP contribution in [-0.4, -0.2) is 30.6 Å². The zero-order valence-electron chi connectivity index (χ0n) is 10.4. The number of benzene rings is 1. The predicted octanol–water partition coefficient (Wildman–Crippen LogP) is 2.03. The second kappa shape index (κ2) is 5.35. The zero-order chi connectivity index (χ0) is 13.1. The lowest BCUT2D eigenvalue weighted by Crippen LogP contribution is -2.44. The first-order chi connectivity index (χ1) is 8.56. The number of carbonyl (C=O) groups excluding carboxylic acids is 1. The molecule has 0 radical (unpaired) electrons. The summed E-state index contributed by atoms with van der Waals surface area (Å²) in [5.41, 5.74) is 5.90. The van der Waals surface area contributed by atoms with Gasteiger partial charge >= 0.3 is 6.03 Å². The number of amides is 2. The second-order valence-electron chi connectivity index (χ2n) is 4.89. The molecule has 1 aliphatic rings. The maximum absolute atomic E-state index is 13.4. The summed E-state index contributed by atoms with van der Waals surface area (Å²) >= 11 is 0. The maximum Gasteiger partial charge on any atom is 0.321 e. The third kappa shape index (κ3) is 2.98. The molecule has 1 aromatic carbocycles. The Labute approximate surface area is 106 Å². The van der Waals surface area contributed by atoms with Crippen molar-refractivity contribution < 1.29 is 9.18 Å². The Morgan fingerprint density at radius 1 is 1.50 bits per heavy atom. The molecule has 1 saturated carbocycles. The number of urea groups is 1. The smallest absolute Gasteiger partial charge is 0.321 e. The molecule has 0 atom stereocenters. The van der Waals surface area contributed by atoms with Crippen LogP contribution in [0.5, 0.6) is 0 Å². The molecule has 0 bridgehead atoms. The minimum absolute atomic E-state index is 0.208. The zero-order valence-corrected chi connectivity index (χ0v) is 10.4. The number of nitrogens with zero attached hydrogens (tertiary/aromatic N) is 1. The van der Waals surface area contributed by atoms with Gasteiger partial charge in [0.05, 0.1) is 5.69 Å². The summed E-state index contributed by atoms with van der Waals surface area (Å²) in [6.07, 6.45) is 1.91. The number of rotatable bonds is 3. The van der Waals surface area contributed by atoms with E-state index in [4.69, 9.17) is 5.73 Å². The van der Waals surface area contributed by atoms with Crippen molar-refractivity contribution in [2.24, 2.45) is 11.7 Å². The van der Waals surface area contributed by atoms with Crippen molar-refractivity contribution in [2.45, 2.75) is 18.9 Å². The Morgan fingerprint density at radius 3 is 2.78 bits per heavy atom. The van der Waals surface area contributed by atoms with Gasteiger partial charge in [-0.05, 0) is 30.9 Å². The molecule has 18 heavy (non-hydrogen) atoms. The lowest BCUT2D eigenvalue weighted by molar-refractivity contribution is 0.181. The Kier molecular flexibility index (Phi) is 3.81. The van der Waals surface area contributed by atoms with E-state index in [-0.39, 0.29) is 17.8 Å². The van der Waals surface area contributed by atoms with E-state index in [9.17, 15) is 9.18 Å². The van der Waals surface area contributed by atoms with Gasteiger partial charge in [0.15, 0.2) is 0 Å². The summed E-state index contributed by atoms with van der Waals surface area (Å²) in [7, 11) is 1.71. The number of para-hydroxylation sites is 1. The highest BCUT2D eigenvalue weighted by Crippen LogP contribution is 2.26. The molecule has 0 saturated heterocycles. The summed E-state index contributed by atoms with van der Waals surface area (Å²) in [4.78, 5) is 13.4. The second-order valence-corrected chi connectivity index (χ2v) is 4.89. The summed E-state index contributed by atoms with van der Waals surface area (Å²) in [6, 6.07) is 6.12. The van der Waals surface area contributed by atoms with Crippen molar-refractivity contribution in [2.75, 3.05) is 18.9 Å². The monoisotopic (exact) mass is 251 g/mol. The van der Waals surface area contributed by atoms with Crippen molar-refractivity contribution in [1.82, 2.24) is 4.90 Å². The quantitative estimate of drug-likeness (QED) is 0.863. The fourth-order valence-electron chi connectivity index (χ4n) is 2.18. The minimum Gasteiger partial charge on any atom is -0.328 e. The molecule has 0 spiro atoms. The normalized spacial score (nSPS) is 22.2. The first-order valence-electron chi connectivity index (χ1n) is 6.08. The molecule has 4 nitrogen and oxygen atoms in total. The van der Waals surface area contributed by atoms with E-state index < -0.39 is 5.82 Å². The highest BCUT2D eigenvalue weighted by atomic mass is 19.1. The fraction of sp³-hybridized carbons (Fsp3) is 0.462. The standard InChI is InChI=1S/C13H18FN3O/c1-17(8-9-6-10(15)7-9)13(18)16-12-5-3-2-4-11(12)14/h2-5,9-10H,6-8,15H2,1H3,(H,16,18). The Hall–Kier alpha value is -1.62. The third-order valence-corrected chi connectivity index (χ3v) is 3.27. The van der Waals surface area contributed by atoms with E-state index >= 15 is 0 Å². The molecule has 3 N–H and O–H groups in total. The Balaban J connectivity index is 1.86. The lowest BCUT2D eigenvalue weighted by atomic mass is 9.81. The molecular formula is C13H18FN3O. The van der Waals surface area contributed by atoms with Gasteiger partial charge in [-0.1, -0.05) is 12.1 Å². The highest BCUT2D eigenvalue weighted by Gasteiger charge is 2.28. The van der Waals surface area contributed by atoms with Crippen LogP contribution >= 0.6 is 0 Å². The van der Waals surface area contributed by atoms with Gasteiger partial charge in [0, 0.05) is 19.6 Å². The van der Waals surface area contributed by atoms with E-state index in [2.05, 4.69) is 5.32 Å². The molecule has 0 heterocycles. The Morgan fingerprint density at radius 2 is 2.17 bits per heavy atom. The van der Waals surface area contributed by atoms with E-state index in [0.29, 0.717) is 12.5 Å². The summed E-state index contributed by atoms with van der Waals surface area (Å²) < 4.78 is 13.4. The van der Waals surface area contributed by atoms with Gasteiger partial charge in [-0.25, -0.2) is 9.18 Å². The largest absolute Gasteiger partial charge is 0.328 e. The average molecular weight is 251 g/mol. The van der Waals surface area contributed by atoms with E-state index in [1.54, 1.807) is 30.1 Å². The molecule has 2 amide bonds. The predicted molar refractivity (Wildman–Crippen MR) is 68.7 cm³/mol. The van der Waals surface area contributed by atoms with E-state index in [0.717, 1.165) is 12.8 Å². The van der Waals surface area contributed by atoms with Gasteiger partial charge in [-0.3, -0.25) is 0 Å². The lowest BCUT2D eigenvalue weighted by Gasteiger charge is -2.35. The van der Waals surface area contributed by atoms with Crippen molar-refractivity contribution in [3.05, 3.63) is 30.1 Å². The molecule has 1 aromatic rings. The summed E-state index contributed by atoms with van der Waals surface area (Å²) in [5.74, 6) is 0.0429. The van der Waals surface area contributed by atoms with Gasteiger partial charge in [0.1, 0.15) is 5.82 Å². The van der Waals surface area contributed by atoms with Crippen LogP contribution in [-0.2, 0) is 0 Å². The number of nitrogens with two attached hydrogens (primary N) is 1. The van der Waals surface area contributed by atoms with Crippen LogP contribution in [0.2, 0.25) is 0 Å². The van der Waals surface area contributed by atoms with Crippen molar-refractivity contribution >= 4 is 11.7 Å². The number of anilines is 1. The van der Waals surface area contributed by atoms with Crippen LogP contribution < -0.4 is 11.1 Å². The average Bonchev–Trinajstić information content (AvgIpc) is 2.30. The summed E-state index contributed by atoms with van der Waals surface area (Å²) in [5, 5.41) is 2.56. The summed E-state index contributed by atoms with van der Waals surface area (Å²) in [6.45, 7) is 0.661. The van der Waals surface area contributed by atoms with Crippen LogP contribution in [0, 0.1) is 11.7 Å². The van der Waals surface area contributed by atoms with Gasteiger partial charge in [-0.15, -0.1) is 0 Å². The molecule has 1 fully saturated rings. The molecule has 0 aromatic heterocycles. The topological polar surface area (TPSA) is 58.4 Å². The number of hydrogen-bond acceptors (Lipinski definition) is 2. The first-order valence-corrected chi connectivity index (χ1v) is 6.08. The maximum atomic E-state index is 13.4. The molecule has 5 heteroatoms. The Bertz CT molecular complexity index is 432. The van der Waals surface area contributed by atoms with Crippen LogP contribution in [0.4, 0.5) is 14.9 Å². The van der Waals surface area contributed by atoms with E-state index in [1.807, 2.05) is 0 Å². The molecule has 2 rings (SSSR count). The van der Waals surface area contributed by atoms with Crippen molar-refractivity contribution in [3.8, 4) is 0 Å². The van der Waals surface area contributed by atoms with Crippen LogP contribution in [0.15, 0.2) is 24.3 Å². The number of carbonyl (C=O) groups is 1.